The van der Waals surface area contributed by atoms with E-state index in [0.29, 0.717) is 0 Å². The molecule has 0 amide bonds. The smallest absolute Gasteiger partial charge is 0.165 e. The molecule has 0 saturated heterocycles. The van der Waals surface area contributed by atoms with Crippen molar-refractivity contribution >= 4 is 91.7 Å². The fourth-order valence-electron chi connectivity index (χ4n) is 6.71. The number of para-hydroxylation sites is 2. The number of fused-ring (bicyclic) bond motifs is 12. The van der Waals surface area contributed by atoms with E-state index in [2.05, 4.69) is 95.4 Å². The number of hydrogen-bond donors (Lipinski definition) is 0. The van der Waals surface area contributed by atoms with Gasteiger partial charge in [0.1, 0.15) is 5.52 Å². The molecule has 6 aromatic carbocycles. The van der Waals surface area contributed by atoms with Crippen LogP contribution in [-0.2, 0) is 0 Å². The monoisotopic (exact) mass is 525 g/mol. The summed E-state index contributed by atoms with van der Waals surface area (Å²) in [6.07, 6.45) is 0. The molecule has 0 saturated carbocycles. The van der Waals surface area contributed by atoms with Gasteiger partial charge in [0, 0.05) is 36.3 Å². The molecule has 10 aromatic rings. The van der Waals surface area contributed by atoms with Gasteiger partial charge in [-0.3, -0.25) is 4.40 Å². The Morgan fingerprint density at radius 1 is 0.525 bits per heavy atom. The van der Waals surface area contributed by atoms with Crippen molar-refractivity contribution in [2.45, 2.75) is 0 Å². The van der Waals surface area contributed by atoms with Crippen LogP contribution in [0.25, 0.3) is 91.5 Å². The molecule has 0 N–H and O–H groups in total. The van der Waals surface area contributed by atoms with E-state index in [1.165, 1.54) is 63.9 Å². The molecule has 0 aliphatic heterocycles. The van der Waals surface area contributed by atoms with E-state index >= 15 is 0 Å². The molecule has 184 valence electrons. The van der Waals surface area contributed by atoms with Crippen LogP contribution in [0.15, 0.2) is 115 Å². The number of nitrogens with zero attached hydrogens (tertiary/aromatic N) is 3. The minimum absolute atomic E-state index is 0.918. The van der Waals surface area contributed by atoms with Crippen LogP contribution in [0.2, 0.25) is 0 Å². The van der Waals surface area contributed by atoms with Crippen LogP contribution in [0.3, 0.4) is 0 Å². The van der Waals surface area contributed by atoms with E-state index in [-0.39, 0.29) is 0 Å². The summed E-state index contributed by atoms with van der Waals surface area (Å²) in [7, 11) is 0. The van der Waals surface area contributed by atoms with E-state index in [4.69, 9.17) is 9.97 Å². The summed E-state index contributed by atoms with van der Waals surface area (Å²) in [4.78, 5) is 10.3. The number of rotatable bonds is 1. The molecule has 4 heterocycles. The van der Waals surface area contributed by atoms with E-state index in [0.717, 1.165) is 27.6 Å². The number of benzene rings is 6. The standard InChI is InChI=1S/C36H19N3S/c1-2-8-23-22(7-1)19-27-34-36(38-29-11-5-4-10-28(29)37-34)39-30-15-13-20(18-26(30)33(23)35(27)39)21-14-16-32-25(17-21)24-9-3-6-12-31(24)40-32/h1-19H. The van der Waals surface area contributed by atoms with Crippen molar-refractivity contribution in [3.8, 4) is 11.1 Å². The SMILES string of the molecule is c1ccc2c(c1)cc1c3nc4ccccc4nc3n3c4ccc(-c5ccc6sc7ccccc7c6c5)cc4c2c13. The van der Waals surface area contributed by atoms with Gasteiger partial charge in [0.25, 0.3) is 0 Å². The number of aromatic nitrogens is 3. The Morgan fingerprint density at radius 3 is 2.12 bits per heavy atom. The van der Waals surface area contributed by atoms with Crippen molar-refractivity contribution < 1.29 is 0 Å². The first-order valence-corrected chi connectivity index (χ1v) is 14.3. The van der Waals surface area contributed by atoms with Crippen molar-refractivity contribution in [2.24, 2.45) is 0 Å². The molecule has 0 radical (unpaired) electrons. The Kier molecular flexibility index (Phi) is 3.81. The van der Waals surface area contributed by atoms with Gasteiger partial charge in [-0.25, -0.2) is 9.97 Å². The van der Waals surface area contributed by atoms with Gasteiger partial charge >= 0.3 is 0 Å². The minimum atomic E-state index is 0.918. The molecular weight excluding hydrogens is 506 g/mol. The third-order valence-corrected chi connectivity index (χ3v) is 9.63. The lowest BCUT2D eigenvalue weighted by Gasteiger charge is -2.06. The van der Waals surface area contributed by atoms with Gasteiger partial charge in [-0.05, 0) is 70.4 Å². The van der Waals surface area contributed by atoms with Gasteiger partial charge < -0.3 is 0 Å². The summed E-state index contributed by atoms with van der Waals surface area (Å²) in [5.74, 6) is 0. The second kappa shape index (κ2) is 7.32. The topological polar surface area (TPSA) is 30.2 Å². The Bertz CT molecular complexity index is 2660. The van der Waals surface area contributed by atoms with Crippen molar-refractivity contribution in [1.82, 2.24) is 14.4 Å². The summed E-state index contributed by atoms with van der Waals surface area (Å²) in [6.45, 7) is 0. The summed E-state index contributed by atoms with van der Waals surface area (Å²) < 4.78 is 5.00. The van der Waals surface area contributed by atoms with Gasteiger partial charge in [-0.1, -0.05) is 66.7 Å². The van der Waals surface area contributed by atoms with Gasteiger partial charge in [0.15, 0.2) is 5.65 Å². The molecule has 0 atom stereocenters. The molecule has 4 aromatic heterocycles. The Morgan fingerprint density at radius 2 is 1.23 bits per heavy atom. The second-order valence-corrected chi connectivity index (χ2v) is 11.7. The van der Waals surface area contributed by atoms with Crippen LogP contribution in [0.4, 0.5) is 0 Å². The van der Waals surface area contributed by atoms with Crippen molar-refractivity contribution in [3.05, 3.63) is 115 Å². The lowest BCUT2D eigenvalue weighted by Crippen LogP contribution is -1.89. The third-order valence-electron chi connectivity index (χ3n) is 8.48. The molecule has 4 heteroatoms. The number of hydrogen-bond acceptors (Lipinski definition) is 3. The highest BCUT2D eigenvalue weighted by atomic mass is 32.1. The Hall–Kier alpha value is -5.06. The summed E-state index contributed by atoms with van der Waals surface area (Å²) in [6, 6.07) is 41.7. The van der Waals surface area contributed by atoms with Gasteiger partial charge in [0.2, 0.25) is 0 Å². The van der Waals surface area contributed by atoms with Crippen LogP contribution < -0.4 is 0 Å². The Labute approximate surface area is 231 Å². The van der Waals surface area contributed by atoms with Crippen LogP contribution in [-0.4, -0.2) is 14.4 Å². The normalized spacial score (nSPS) is 12.5. The van der Waals surface area contributed by atoms with Gasteiger partial charge in [-0.15, -0.1) is 11.3 Å². The zero-order chi connectivity index (χ0) is 25.9. The lowest BCUT2D eigenvalue weighted by molar-refractivity contribution is 1.28. The highest BCUT2D eigenvalue weighted by Gasteiger charge is 2.22. The molecule has 40 heavy (non-hydrogen) atoms. The van der Waals surface area contributed by atoms with E-state index in [1.54, 1.807) is 0 Å². The molecule has 0 aliphatic carbocycles. The highest BCUT2D eigenvalue weighted by Crippen LogP contribution is 2.44. The average molecular weight is 526 g/mol. The zero-order valence-electron chi connectivity index (χ0n) is 21.2. The van der Waals surface area contributed by atoms with Crippen molar-refractivity contribution in [1.29, 1.82) is 0 Å². The Balaban J connectivity index is 1.35. The first-order chi connectivity index (χ1) is 19.8. The average Bonchev–Trinajstić information content (AvgIpc) is 3.65. The van der Waals surface area contributed by atoms with Gasteiger partial charge in [-0.2, -0.15) is 0 Å². The van der Waals surface area contributed by atoms with Crippen LogP contribution in [0.5, 0.6) is 0 Å². The second-order valence-electron chi connectivity index (χ2n) is 10.6. The zero-order valence-corrected chi connectivity index (χ0v) is 22.0. The van der Waals surface area contributed by atoms with Crippen LogP contribution >= 0.6 is 11.3 Å². The largest absolute Gasteiger partial charge is 0.291 e. The van der Waals surface area contributed by atoms with Crippen molar-refractivity contribution in [3.63, 3.8) is 0 Å². The van der Waals surface area contributed by atoms with Crippen molar-refractivity contribution in [2.75, 3.05) is 0 Å². The lowest BCUT2D eigenvalue weighted by atomic mass is 9.98. The first-order valence-electron chi connectivity index (χ1n) is 13.5. The molecule has 0 aliphatic rings. The maximum absolute atomic E-state index is 5.15. The molecular formula is C36H19N3S. The molecule has 3 nitrogen and oxygen atoms in total. The quantitative estimate of drug-likeness (QED) is 0.213. The fourth-order valence-corrected chi connectivity index (χ4v) is 7.79. The maximum atomic E-state index is 5.15. The molecule has 0 spiro atoms. The third kappa shape index (κ3) is 2.59. The molecule has 10 rings (SSSR count). The predicted octanol–water partition coefficient (Wildman–Crippen LogP) is 9.97. The first kappa shape index (κ1) is 20.8. The summed E-state index contributed by atoms with van der Waals surface area (Å²) in [5, 5.41) is 8.82. The maximum Gasteiger partial charge on any atom is 0.165 e. The van der Waals surface area contributed by atoms with Crippen LogP contribution in [0, 0.1) is 0 Å². The van der Waals surface area contributed by atoms with E-state index in [9.17, 15) is 0 Å². The minimum Gasteiger partial charge on any atom is -0.291 e. The fraction of sp³-hybridized carbons (Fsp3) is 0. The predicted molar refractivity (Wildman–Crippen MR) is 170 cm³/mol. The van der Waals surface area contributed by atoms with E-state index in [1.807, 2.05) is 35.6 Å². The summed E-state index contributed by atoms with van der Waals surface area (Å²) in [5.41, 5.74) is 8.56. The van der Waals surface area contributed by atoms with Crippen LogP contribution in [0.1, 0.15) is 0 Å². The molecule has 0 bridgehead atoms. The highest BCUT2D eigenvalue weighted by molar-refractivity contribution is 7.25. The van der Waals surface area contributed by atoms with E-state index < -0.39 is 0 Å². The number of thiophene rings is 1. The summed E-state index contributed by atoms with van der Waals surface area (Å²) >= 11 is 1.86. The molecule has 0 unspecified atom stereocenters. The van der Waals surface area contributed by atoms with Gasteiger partial charge in [0.05, 0.1) is 22.1 Å². The molecule has 0 fully saturated rings.